The van der Waals surface area contributed by atoms with E-state index >= 15 is 0 Å². The molecule has 0 aliphatic heterocycles. The minimum Gasteiger partial charge on any atom is -0.0679 e. The van der Waals surface area contributed by atoms with Gasteiger partial charge in [0.25, 0.3) is 0 Å². The lowest BCUT2D eigenvalue weighted by Crippen LogP contribution is -2.42. The van der Waals surface area contributed by atoms with E-state index in [9.17, 15) is 0 Å². The van der Waals surface area contributed by atoms with Crippen LogP contribution in [-0.4, -0.2) is 8.07 Å². The summed E-state index contributed by atoms with van der Waals surface area (Å²) in [6.45, 7) is 10.0. The van der Waals surface area contributed by atoms with Gasteiger partial charge in [0, 0.05) is 11.1 Å². The maximum atomic E-state index is 2.63. The fourth-order valence-electron chi connectivity index (χ4n) is 8.70. The molecule has 0 saturated carbocycles. The van der Waals surface area contributed by atoms with Crippen molar-refractivity contribution in [1.29, 1.82) is 0 Å². The molecule has 0 spiro atoms. The number of rotatable bonds is 6. The molecule has 2 unspecified atom stereocenters. The summed E-state index contributed by atoms with van der Waals surface area (Å²) in [6.07, 6.45) is 4.99. The highest BCUT2D eigenvalue weighted by Gasteiger charge is 2.47. The molecule has 2 aliphatic rings. The molecule has 0 heterocycles. The molecule has 8 rings (SSSR count). The SMILES string of the molecule is CC1=Cc2c(-c3ccc(-c4ccccc4)cc3)cccc2C1[Si](C)(C)C1C(C)=Cc2c(-c3ccc(-c4ccccc4)cc3)cccc21. The summed E-state index contributed by atoms with van der Waals surface area (Å²) in [5.41, 5.74) is 20.1. The van der Waals surface area contributed by atoms with Crippen molar-refractivity contribution in [2.24, 2.45) is 0 Å². The predicted molar refractivity (Wildman–Crippen MR) is 205 cm³/mol. The van der Waals surface area contributed by atoms with Crippen molar-refractivity contribution in [2.75, 3.05) is 0 Å². The molecule has 2 aliphatic carbocycles. The van der Waals surface area contributed by atoms with E-state index in [1.165, 1.54) is 77.9 Å². The van der Waals surface area contributed by atoms with Crippen LogP contribution in [0.1, 0.15) is 47.2 Å². The summed E-state index contributed by atoms with van der Waals surface area (Å²) >= 11 is 0. The Labute approximate surface area is 280 Å². The van der Waals surface area contributed by atoms with Crippen LogP contribution in [0.5, 0.6) is 0 Å². The van der Waals surface area contributed by atoms with Gasteiger partial charge >= 0.3 is 0 Å². The first-order valence-electron chi connectivity index (χ1n) is 16.8. The molecule has 0 fully saturated rings. The van der Waals surface area contributed by atoms with Gasteiger partial charge in [-0.15, -0.1) is 0 Å². The van der Waals surface area contributed by atoms with Crippen LogP contribution in [0.3, 0.4) is 0 Å². The fourth-order valence-corrected chi connectivity index (χ4v) is 13.6. The average molecular weight is 621 g/mol. The van der Waals surface area contributed by atoms with Crippen LogP contribution in [0.2, 0.25) is 13.1 Å². The van der Waals surface area contributed by atoms with Crippen molar-refractivity contribution < 1.29 is 0 Å². The topological polar surface area (TPSA) is 0 Å². The van der Waals surface area contributed by atoms with Crippen LogP contribution < -0.4 is 0 Å². The minimum atomic E-state index is -1.96. The number of benzene rings is 6. The van der Waals surface area contributed by atoms with Crippen LogP contribution in [0.4, 0.5) is 0 Å². The second kappa shape index (κ2) is 11.7. The summed E-state index contributed by atoms with van der Waals surface area (Å²) < 4.78 is 0. The van der Waals surface area contributed by atoms with Crippen molar-refractivity contribution in [1.82, 2.24) is 0 Å². The third-order valence-electron chi connectivity index (χ3n) is 10.7. The average Bonchev–Trinajstić information content (AvgIpc) is 3.65. The highest BCUT2D eigenvalue weighted by Crippen LogP contribution is 2.54. The first-order chi connectivity index (χ1) is 22.9. The molecule has 0 N–H and O–H groups in total. The zero-order valence-corrected chi connectivity index (χ0v) is 28.7. The van der Waals surface area contributed by atoms with E-state index in [1.54, 1.807) is 0 Å². The Bertz CT molecular complexity index is 1990. The molecule has 47 heavy (non-hydrogen) atoms. The lowest BCUT2D eigenvalue weighted by molar-refractivity contribution is 0.968. The molecule has 0 saturated heterocycles. The lowest BCUT2D eigenvalue weighted by atomic mass is 9.95. The third kappa shape index (κ3) is 5.07. The lowest BCUT2D eigenvalue weighted by Gasteiger charge is -2.39. The van der Waals surface area contributed by atoms with Gasteiger partial charge < -0.3 is 0 Å². The molecule has 6 aromatic carbocycles. The van der Waals surface area contributed by atoms with Gasteiger partial charge in [-0.2, -0.15) is 0 Å². The quantitative estimate of drug-likeness (QED) is 0.163. The smallest absolute Gasteiger partial charge is 0.0679 e. The fraction of sp³-hybridized carbons (Fsp3) is 0.130. The number of hydrogen-bond donors (Lipinski definition) is 0. The molecule has 0 aromatic heterocycles. The summed E-state index contributed by atoms with van der Waals surface area (Å²) in [7, 11) is -1.96. The molecule has 2 atom stereocenters. The van der Waals surface area contributed by atoms with E-state index in [1.807, 2.05) is 0 Å². The largest absolute Gasteiger partial charge is 0.0722 e. The van der Waals surface area contributed by atoms with Crippen molar-refractivity contribution in [3.63, 3.8) is 0 Å². The Balaban J connectivity index is 1.13. The van der Waals surface area contributed by atoms with E-state index < -0.39 is 8.07 Å². The van der Waals surface area contributed by atoms with Gasteiger partial charge in [-0.25, -0.2) is 0 Å². The number of hydrogen-bond acceptors (Lipinski definition) is 0. The van der Waals surface area contributed by atoms with E-state index in [2.05, 4.69) is 185 Å². The second-order valence-corrected chi connectivity index (χ2v) is 18.8. The molecular weight excluding hydrogens is 581 g/mol. The molecule has 0 radical (unpaired) electrons. The molecular formula is C46H40Si. The first kappa shape index (κ1) is 29.4. The zero-order valence-electron chi connectivity index (χ0n) is 27.7. The minimum absolute atomic E-state index is 0.467. The zero-order chi connectivity index (χ0) is 32.1. The molecule has 228 valence electrons. The second-order valence-electron chi connectivity index (χ2n) is 14.0. The molecule has 1 heteroatoms. The molecule has 6 aromatic rings. The summed E-state index contributed by atoms with van der Waals surface area (Å²) in [5.74, 6) is 0. The molecule has 0 bridgehead atoms. The van der Waals surface area contributed by atoms with Crippen LogP contribution in [0.15, 0.2) is 157 Å². The summed E-state index contributed by atoms with van der Waals surface area (Å²) in [4.78, 5) is 0. The number of fused-ring (bicyclic) bond motifs is 2. The normalized spacial score (nSPS) is 16.8. The van der Waals surface area contributed by atoms with Gasteiger partial charge in [-0.1, -0.05) is 182 Å². The van der Waals surface area contributed by atoms with Gasteiger partial charge in [0.1, 0.15) is 0 Å². The Morgan fingerprint density at radius 1 is 0.362 bits per heavy atom. The van der Waals surface area contributed by atoms with E-state index in [0.29, 0.717) is 11.1 Å². The van der Waals surface area contributed by atoms with Gasteiger partial charge in [0.15, 0.2) is 0 Å². The van der Waals surface area contributed by atoms with Gasteiger partial charge in [-0.05, 0) is 80.6 Å². The van der Waals surface area contributed by atoms with Gasteiger partial charge in [0.2, 0.25) is 0 Å². The predicted octanol–water partition coefficient (Wildman–Crippen LogP) is 12.8. The standard InChI is InChI=1S/C46H40Si/c1-31-29-43-39(37-25-21-35(22-26-37)33-13-7-5-8-14-33)17-11-19-41(43)45(31)47(3,4)46-32(2)30-44-40(18-12-20-42(44)46)38-27-23-36(24-28-38)34-15-9-6-10-16-34/h5-30,45-46H,1-4H3. The number of allylic oxidation sites excluding steroid dienone is 2. The Kier molecular flexibility index (Phi) is 7.31. The van der Waals surface area contributed by atoms with E-state index in [0.717, 1.165) is 0 Å². The van der Waals surface area contributed by atoms with Gasteiger partial charge in [0.05, 0.1) is 8.07 Å². The highest BCUT2D eigenvalue weighted by atomic mass is 28.3. The highest BCUT2D eigenvalue weighted by molar-refractivity contribution is 6.81. The maximum Gasteiger partial charge on any atom is 0.0722 e. The van der Waals surface area contributed by atoms with Crippen LogP contribution >= 0.6 is 0 Å². The van der Waals surface area contributed by atoms with Crippen LogP contribution in [-0.2, 0) is 0 Å². The summed E-state index contributed by atoms with van der Waals surface area (Å²) in [6, 6.07) is 53.6. The van der Waals surface area contributed by atoms with Crippen molar-refractivity contribution in [3.05, 3.63) is 179 Å². The van der Waals surface area contributed by atoms with Crippen LogP contribution in [0, 0.1) is 0 Å². The van der Waals surface area contributed by atoms with E-state index in [-0.39, 0.29) is 0 Å². The monoisotopic (exact) mass is 620 g/mol. The van der Waals surface area contributed by atoms with Gasteiger partial charge in [-0.3, -0.25) is 0 Å². The maximum absolute atomic E-state index is 2.63. The Hall–Kier alpha value is -4.98. The van der Waals surface area contributed by atoms with E-state index in [4.69, 9.17) is 0 Å². The van der Waals surface area contributed by atoms with Crippen molar-refractivity contribution in [3.8, 4) is 44.5 Å². The first-order valence-corrected chi connectivity index (χ1v) is 20.0. The molecule has 0 nitrogen and oxygen atoms in total. The Morgan fingerprint density at radius 2 is 0.702 bits per heavy atom. The third-order valence-corrected chi connectivity index (χ3v) is 15.2. The Morgan fingerprint density at radius 3 is 1.09 bits per heavy atom. The van der Waals surface area contributed by atoms with Crippen molar-refractivity contribution in [2.45, 2.75) is 38.0 Å². The summed E-state index contributed by atoms with van der Waals surface area (Å²) in [5, 5.41) is 0. The molecule has 0 amide bonds. The van der Waals surface area contributed by atoms with Crippen molar-refractivity contribution >= 4 is 20.2 Å². The van der Waals surface area contributed by atoms with Crippen LogP contribution in [0.25, 0.3) is 56.7 Å².